The molecule has 2 aromatic rings. The first-order valence-corrected chi connectivity index (χ1v) is 9.46. The van der Waals surface area contributed by atoms with Crippen LogP contribution in [0, 0.1) is 11.3 Å². The largest absolute Gasteiger partial charge is 0.474 e. The second-order valence-corrected chi connectivity index (χ2v) is 7.83. The molecule has 1 atom stereocenters. The van der Waals surface area contributed by atoms with E-state index in [0.29, 0.717) is 24.0 Å². The predicted octanol–water partition coefficient (Wildman–Crippen LogP) is 0.783. The molecule has 1 aliphatic rings. The van der Waals surface area contributed by atoms with Crippen molar-refractivity contribution in [3.05, 3.63) is 35.4 Å². The topological polar surface area (TPSA) is 167 Å². The van der Waals surface area contributed by atoms with Crippen LogP contribution in [0.25, 0.3) is 11.4 Å². The van der Waals surface area contributed by atoms with E-state index in [1.807, 2.05) is 0 Å². The van der Waals surface area contributed by atoms with E-state index < -0.39 is 17.9 Å². The van der Waals surface area contributed by atoms with E-state index in [0.717, 1.165) is 0 Å². The number of hydroxylamine groups is 1. The number of ether oxygens (including phenoxy) is 1. The highest BCUT2D eigenvalue weighted by atomic mass is 16.7. The van der Waals surface area contributed by atoms with Gasteiger partial charge >= 0.3 is 0 Å². The third-order valence-corrected chi connectivity index (χ3v) is 4.43. The summed E-state index contributed by atoms with van der Waals surface area (Å²) in [5.41, 5.74) is 8.46. The van der Waals surface area contributed by atoms with Crippen molar-refractivity contribution in [1.82, 2.24) is 15.4 Å². The number of benzene rings is 1. The first kappa shape index (κ1) is 21.9. The Bertz CT molecular complexity index is 934. The molecule has 6 N–H and O–H groups in total. The molecule has 0 saturated heterocycles. The standard InChI is InChI=1S/C20H25N5O5/c1-20(2,28)10-29-25-18(27)15-16(22)23-17(12-5-3-4-11(6-12)9-21)24-19(15)30-14-7-13(26)8-14/h3-6,13-14,18,25-28H,7-8,10H2,1-2H3,(H2,22,23,24). The quantitative estimate of drug-likeness (QED) is 0.307. The minimum Gasteiger partial charge on any atom is -0.474 e. The molecular weight excluding hydrogens is 390 g/mol. The summed E-state index contributed by atoms with van der Waals surface area (Å²) in [6.07, 6.45) is -1.28. The summed E-state index contributed by atoms with van der Waals surface area (Å²) in [7, 11) is 0. The van der Waals surface area contributed by atoms with Crippen LogP contribution in [0.2, 0.25) is 0 Å². The fraction of sp³-hybridized carbons (Fsp3) is 0.450. The number of aliphatic hydroxyl groups is 3. The maximum atomic E-state index is 10.5. The molecule has 10 heteroatoms. The van der Waals surface area contributed by atoms with Crippen molar-refractivity contribution in [2.75, 3.05) is 12.3 Å². The van der Waals surface area contributed by atoms with Gasteiger partial charge in [0.15, 0.2) is 12.1 Å². The second kappa shape index (κ2) is 8.91. The Kier molecular flexibility index (Phi) is 6.50. The van der Waals surface area contributed by atoms with Gasteiger partial charge in [0.05, 0.1) is 29.9 Å². The van der Waals surface area contributed by atoms with E-state index in [2.05, 4.69) is 21.5 Å². The highest BCUT2D eigenvalue weighted by molar-refractivity contribution is 5.62. The summed E-state index contributed by atoms with van der Waals surface area (Å²) in [5.74, 6) is 0.237. The first-order chi connectivity index (χ1) is 14.2. The van der Waals surface area contributed by atoms with Gasteiger partial charge in [-0.1, -0.05) is 12.1 Å². The number of nitriles is 1. The minimum atomic E-state index is -1.42. The Labute approximate surface area is 173 Å². The number of nitrogens with two attached hydrogens (primary N) is 1. The Hall–Kier alpha value is -2.81. The van der Waals surface area contributed by atoms with Gasteiger partial charge in [-0.2, -0.15) is 15.7 Å². The van der Waals surface area contributed by atoms with Gasteiger partial charge in [0, 0.05) is 18.4 Å². The molecule has 0 radical (unpaired) electrons. The van der Waals surface area contributed by atoms with Crippen LogP contribution < -0.4 is 16.0 Å². The number of hydrogen-bond donors (Lipinski definition) is 5. The van der Waals surface area contributed by atoms with Gasteiger partial charge in [0.2, 0.25) is 5.88 Å². The molecule has 30 heavy (non-hydrogen) atoms. The molecular formula is C20H25N5O5. The molecule has 10 nitrogen and oxygen atoms in total. The van der Waals surface area contributed by atoms with Crippen molar-refractivity contribution in [2.45, 2.75) is 50.7 Å². The smallest absolute Gasteiger partial charge is 0.226 e. The average molecular weight is 415 g/mol. The summed E-state index contributed by atoms with van der Waals surface area (Å²) in [6.45, 7) is 3.02. The van der Waals surface area contributed by atoms with Gasteiger partial charge in [0.25, 0.3) is 0 Å². The molecule has 1 fully saturated rings. The highest BCUT2D eigenvalue weighted by Gasteiger charge is 2.32. The van der Waals surface area contributed by atoms with Crippen molar-refractivity contribution in [3.8, 4) is 23.3 Å². The Morgan fingerprint density at radius 2 is 2.10 bits per heavy atom. The zero-order valence-corrected chi connectivity index (χ0v) is 16.7. The summed E-state index contributed by atoms with van der Waals surface area (Å²) in [4.78, 5) is 13.8. The Morgan fingerprint density at radius 3 is 2.73 bits per heavy atom. The van der Waals surface area contributed by atoms with Crippen LogP contribution in [0.15, 0.2) is 24.3 Å². The lowest BCUT2D eigenvalue weighted by Crippen LogP contribution is -2.38. The second-order valence-electron chi connectivity index (χ2n) is 7.83. The van der Waals surface area contributed by atoms with E-state index >= 15 is 0 Å². The highest BCUT2D eigenvalue weighted by Crippen LogP contribution is 2.33. The molecule has 3 rings (SSSR count). The molecule has 1 heterocycles. The molecule has 160 valence electrons. The first-order valence-electron chi connectivity index (χ1n) is 9.46. The van der Waals surface area contributed by atoms with Crippen LogP contribution in [-0.2, 0) is 4.84 Å². The van der Waals surface area contributed by atoms with Crippen LogP contribution in [0.5, 0.6) is 5.88 Å². The molecule has 1 aliphatic carbocycles. The van der Waals surface area contributed by atoms with Gasteiger partial charge in [-0.05, 0) is 26.0 Å². The zero-order chi connectivity index (χ0) is 21.9. The number of aromatic nitrogens is 2. The lowest BCUT2D eigenvalue weighted by molar-refractivity contribution is -0.109. The number of rotatable bonds is 8. The van der Waals surface area contributed by atoms with Crippen molar-refractivity contribution < 1.29 is 24.9 Å². The number of hydrogen-bond acceptors (Lipinski definition) is 10. The molecule has 0 aliphatic heterocycles. The zero-order valence-electron chi connectivity index (χ0n) is 16.7. The van der Waals surface area contributed by atoms with Crippen molar-refractivity contribution in [3.63, 3.8) is 0 Å². The summed E-state index contributed by atoms with van der Waals surface area (Å²) < 4.78 is 5.86. The third kappa shape index (κ3) is 5.41. The summed E-state index contributed by atoms with van der Waals surface area (Å²) >= 11 is 0. The molecule has 1 aromatic carbocycles. The van der Waals surface area contributed by atoms with Gasteiger partial charge < -0.3 is 25.8 Å². The normalized spacial score (nSPS) is 19.6. The fourth-order valence-corrected chi connectivity index (χ4v) is 2.82. The average Bonchev–Trinajstić information content (AvgIpc) is 2.65. The number of nitrogen functional groups attached to an aromatic ring is 1. The van der Waals surface area contributed by atoms with Crippen LogP contribution in [0.4, 0.5) is 5.82 Å². The van der Waals surface area contributed by atoms with Crippen LogP contribution in [0.3, 0.4) is 0 Å². The van der Waals surface area contributed by atoms with E-state index in [4.69, 9.17) is 20.6 Å². The van der Waals surface area contributed by atoms with E-state index in [1.165, 1.54) is 0 Å². The van der Waals surface area contributed by atoms with Crippen LogP contribution >= 0.6 is 0 Å². The Morgan fingerprint density at radius 1 is 1.37 bits per heavy atom. The maximum Gasteiger partial charge on any atom is 0.226 e. The van der Waals surface area contributed by atoms with Gasteiger partial charge in [-0.15, -0.1) is 0 Å². The predicted molar refractivity (Wildman–Crippen MR) is 107 cm³/mol. The van der Waals surface area contributed by atoms with Gasteiger partial charge in [-0.25, -0.2) is 4.98 Å². The SMILES string of the molecule is CC(C)(O)CONC(O)c1c(N)nc(-c2cccc(C#N)c2)nc1OC1CC(O)C1. The summed E-state index contributed by atoms with van der Waals surface area (Å²) in [5, 5.41) is 38.9. The minimum absolute atomic E-state index is 0.0379. The van der Waals surface area contributed by atoms with Crippen LogP contribution in [-0.4, -0.2) is 49.7 Å². The van der Waals surface area contributed by atoms with E-state index in [1.54, 1.807) is 38.1 Å². The van der Waals surface area contributed by atoms with Crippen molar-refractivity contribution in [2.24, 2.45) is 0 Å². The molecule has 0 spiro atoms. The molecule has 1 aromatic heterocycles. The number of nitrogens with one attached hydrogen (secondary N) is 1. The van der Waals surface area contributed by atoms with Crippen LogP contribution in [0.1, 0.15) is 44.0 Å². The van der Waals surface area contributed by atoms with E-state index in [9.17, 15) is 15.3 Å². The number of aliphatic hydroxyl groups excluding tert-OH is 2. The summed E-state index contributed by atoms with van der Waals surface area (Å²) in [6, 6.07) is 8.75. The van der Waals surface area contributed by atoms with Crippen molar-refractivity contribution in [1.29, 1.82) is 5.26 Å². The molecule has 0 bridgehead atoms. The number of nitrogens with zero attached hydrogens (tertiary/aromatic N) is 3. The third-order valence-electron chi connectivity index (χ3n) is 4.43. The van der Waals surface area contributed by atoms with Gasteiger partial charge in [0.1, 0.15) is 17.5 Å². The van der Waals surface area contributed by atoms with Crippen molar-refractivity contribution >= 4 is 5.82 Å². The number of anilines is 1. The van der Waals surface area contributed by atoms with Gasteiger partial charge in [-0.3, -0.25) is 4.84 Å². The Balaban J connectivity index is 1.91. The lowest BCUT2D eigenvalue weighted by atomic mass is 9.92. The van der Waals surface area contributed by atoms with E-state index in [-0.39, 0.29) is 35.8 Å². The monoisotopic (exact) mass is 415 g/mol. The molecule has 1 unspecified atom stereocenters. The maximum absolute atomic E-state index is 10.5. The molecule has 0 amide bonds. The molecule has 1 saturated carbocycles. The lowest BCUT2D eigenvalue weighted by Gasteiger charge is -2.32. The fourth-order valence-electron chi connectivity index (χ4n) is 2.82.